The third-order valence-electron chi connectivity index (χ3n) is 9.36. The molecule has 3 aliphatic rings. The van der Waals surface area contributed by atoms with Gasteiger partial charge in [0.25, 0.3) is 5.91 Å². The predicted molar refractivity (Wildman–Crippen MR) is 173 cm³/mol. The van der Waals surface area contributed by atoms with Crippen molar-refractivity contribution in [3.8, 4) is 0 Å². The summed E-state index contributed by atoms with van der Waals surface area (Å²) >= 11 is 5.42. The number of hydrogen-bond acceptors (Lipinski definition) is 6. The summed E-state index contributed by atoms with van der Waals surface area (Å²) in [5.41, 5.74) is 2.74. The third kappa shape index (κ3) is 5.73. The zero-order valence-corrected chi connectivity index (χ0v) is 27.7. The van der Waals surface area contributed by atoms with Gasteiger partial charge in [-0.15, -0.1) is 24.9 Å². The van der Waals surface area contributed by atoms with Gasteiger partial charge in [-0.25, -0.2) is 0 Å². The van der Waals surface area contributed by atoms with Crippen LogP contribution in [0.4, 0.5) is 5.69 Å². The Bertz CT molecular complexity index is 1210. The molecule has 9 heteroatoms. The molecular formula is C33H45BrN2O5S. The van der Waals surface area contributed by atoms with E-state index in [1.165, 1.54) is 0 Å². The highest BCUT2D eigenvalue weighted by molar-refractivity contribution is 9.09. The summed E-state index contributed by atoms with van der Waals surface area (Å²) in [5, 5.41) is 10.5. The average Bonchev–Trinajstić information content (AvgIpc) is 3.56. The fourth-order valence-corrected chi connectivity index (χ4v) is 10.6. The maximum atomic E-state index is 14.9. The number of nitrogens with zero attached hydrogens (tertiary/aromatic N) is 2. The van der Waals surface area contributed by atoms with Crippen molar-refractivity contribution in [3.63, 3.8) is 0 Å². The number of unbranched alkanes of at least 4 members (excludes halogenated alkanes) is 2. The summed E-state index contributed by atoms with van der Waals surface area (Å²) in [7, 11) is 0. The molecule has 42 heavy (non-hydrogen) atoms. The maximum Gasteiger partial charge on any atom is 0.310 e. The van der Waals surface area contributed by atoms with Gasteiger partial charge in [-0.1, -0.05) is 60.5 Å². The predicted octanol–water partition coefficient (Wildman–Crippen LogP) is 5.59. The summed E-state index contributed by atoms with van der Waals surface area (Å²) in [5.74, 6) is -2.20. The van der Waals surface area contributed by atoms with Crippen molar-refractivity contribution in [2.24, 2.45) is 17.8 Å². The number of aliphatic hydroxyl groups excluding tert-OH is 1. The van der Waals surface area contributed by atoms with E-state index in [1.54, 1.807) is 27.6 Å². The quantitative estimate of drug-likeness (QED) is 0.121. The molecule has 3 saturated heterocycles. The van der Waals surface area contributed by atoms with E-state index in [1.807, 2.05) is 52.0 Å². The van der Waals surface area contributed by atoms with Crippen molar-refractivity contribution in [1.29, 1.82) is 0 Å². The lowest BCUT2D eigenvalue weighted by atomic mass is 9.71. The molecule has 1 N–H and O–H groups in total. The Hall–Kier alpha value is -2.10. The molecule has 3 fully saturated rings. The number of rotatable bonds is 14. The fraction of sp³-hybridized carbons (Fsp3) is 0.606. The number of thioether (sulfide) groups is 1. The lowest BCUT2D eigenvalue weighted by Gasteiger charge is -2.41. The van der Waals surface area contributed by atoms with Gasteiger partial charge < -0.3 is 19.6 Å². The number of carbonyl (C=O) groups is 3. The van der Waals surface area contributed by atoms with Crippen molar-refractivity contribution < 1.29 is 24.2 Å². The Morgan fingerprint density at radius 1 is 1.29 bits per heavy atom. The first-order chi connectivity index (χ1) is 20.1. The second-order valence-electron chi connectivity index (χ2n) is 12.0. The zero-order valence-electron chi connectivity index (χ0n) is 25.3. The smallest absolute Gasteiger partial charge is 0.310 e. The molecule has 2 amide bonds. The van der Waals surface area contributed by atoms with Gasteiger partial charge in [0.15, 0.2) is 0 Å². The first kappa shape index (κ1) is 32.8. The number of fused-ring (bicyclic) bond motifs is 1. The van der Waals surface area contributed by atoms with Crippen molar-refractivity contribution in [2.75, 3.05) is 24.7 Å². The normalized spacial score (nSPS) is 29.2. The number of amides is 2. The van der Waals surface area contributed by atoms with Crippen LogP contribution in [0, 0.1) is 31.6 Å². The van der Waals surface area contributed by atoms with E-state index in [0.29, 0.717) is 13.0 Å². The minimum atomic E-state index is -0.846. The van der Waals surface area contributed by atoms with Crippen molar-refractivity contribution in [3.05, 3.63) is 54.6 Å². The minimum absolute atomic E-state index is 0.0461. The van der Waals surface area contributed by atoms with E-state index in [4.69, 9.17) is 4.74 Å². The van der Waals surface area contributed by atoms with E-state index in [-0.39, 0.29) is 46.9 Å². The molecule has 230 valence electrons. The molecule has 1 spiro atoms. The van der Waals surface area contributed by atoms with E-state index in [0.717, 1.165) is 42.5 Å². The molecule has 3 aliphatic heterocycles. The summed E-state index contributed by atoms with van der Waals surface area (Å²) < 4.78 is 4.94. The number of alkyl halides is 1. The first-order valence-corrected chi connectivity index (χ1v) is 16.9. The molecule has 2 bridgehead atoms. The number of hydrogen-bond donors (Lipinski definition) is 1. The van der Waals surface area contributed by atoms with Crippen LogP contribution >= 0.6 is 27.7 Å². The molecule has 1 aromatic carbocycles. The topological polar surface area (TPSA) is 87.1 Å². The number of halogens is 1. The van der Waals surface area contributed by atoms with Gasteiger partial charge in [0.05, 0.1) is 35.8 Å². The monoisotopic (exact) mass is 660 g/mol. The van der Waals surface area contributed by atoms with Crippen LogP contribution in [0.3, 0.4) is 0 Å². The zero-order chi connectivity index (χ0) is 30.8. The number of carbonyl (C=O) groups excluding carboxylic acids is 3. The van der Waals surface area contributed by atoms with Crippen molar-refractivity contribution in [1.82, 2.24) is 4.90 Å². The van der Waals surface area contributed by atoms with Gasteiger partial charge in [-0.3, -0.25) is 14.4 Å². The Kier molecular flexibility index (Phi) is 10.7. The largest absolute Gasteiger partial charge is 0.465 e. The third-order valence-corrected chi connectivity index (χ3v) is 12.6. The average molecular weight is 662 g/mol. The number of anilines is 1. The molecule has 1 aromatic rings. The second kappa shape index (κ2) is 13.7. The van der Waals surface area contributed by atoms with Crippen LogP contribution in [-0.4, -0.2) is 74.5 Å². The first-order valence-electron chi connectivity index (χ1n) is 15.1. The molecule has 3 unspecified atom stereocenters. The maximum absolute atomic E-state index is 14.9. The van der Waals surface area contributed by atoms with Gasteiger partial charge >= 0.3 is 5.97 Å². The number of allylic oxidation sites excluding steroid dienone is 1. The highest BCUT2D eigenvalue weighted by Gasteiger charge is 2.77. The standard InChI is InChI=1S/C33H45BrN2O5S/c1-7-10-11-12-16-41-32(40)26-27-30(38)36(25(19-37)21(5)9-3)29(33(27)18-23(34)28(26)42-33)31(39)35(15-8-2)24-17-20(4)13-14-22(24)6/h7-8,13-14,17,21,23,25-29,37H,1-2,9-12,15-16,18-19H2,3-6H3/t21-,23?,25-,26-,27-,28-,29?,33?/m0/s1. The number of aliphatic hydroxyl groups is 1. The van der Waals surface area contributed by atoms with Gasteiger partial charge in [0.1, 0.15) is 6.04 Å². The van der Waals surface area contributed by atoms with Crippen LogP contribution < -0.4 is 4.90 Å². The van der Waals surface area contributed by atoms with Crippen LogP contribution in [0.5, 0.6) is 0 Å². The number of likely N-dealkylation sites (tertiary alicyclic amines) is 1. The number of esters is 1. The molecule has 0 radical (unpaired) electrons. The Morgan fingerprint density at radius 2 is 2.02 bits per heavy atom. The van der Waals surface area contributed by atoms with Gasteiger partial charge in [-0.05, 0) is 62.6 Å². The number of ether oxygens (including phenoxy) is 1. The summed E-state index contributed by atoms with van der Waals surface area (Å²) in [6, 6.07) is 4.60. The van der Waals surface area contributed by atoms with Gasteiger partial charge in [0.2, 0.25) is 5.91 Å². The minimum Gasteiger partial charge on any atom is -0.465 e. The fourth-order valence-electron chi connectivity index (χ4n) is 7.04. The number of aryl methyl sites for hydroxylation is 2. The van der Waals surface area contributed by atoms with Crippen LogP contribution in [0.1, 0.15) is 57.1 Å². The second-order valence-corrected chi connectivity index (χ2v) is 14.7. The molecule has 0 saturated carbocycles. The summed E-state index contributed by atoms with van der Waals surface area (Å²) in [6.07, 6.45) is 7.31. The highest BCUT2D eigenvalue weighted by Crippen LogP contribution is 2.68. The molecule has 7 nitrogen and oxygen atoms in total. The highest BCUT2D eigenvalue weighted by atomic mass is 79.9. The van der Waals surface area contributed by atoms with E-state index < -0.39 is 28.7 Å². The van der Waals surface area contributed by atoms with E-state index in [9.17, 15) is 19.5 Å². The Morgan fingerprint density at radius 3 is 2.67 bits per heavy atom. The lowest BCUT2D eigenvalue weighted by molar-refractivity contribution is -0.154. The van der Waals surface area contributed by atoms with Gasteiger partial charge in [-0.2, -0.15) is 0 Å². The molecule has 8 atom stereocenters. The van der Waals surface area contributed by atoms with E-state index in [2.05, 4.69) is 29.1 Å². The van der Waals surface area contributed by atoms with Crippen LogP contribution in [0.25, 0.3) is 0 Å². The van der Waals surface area contributed by atoms with Crippen LogP contribution in [0.2, 0.25) is 0 Å². The Balaban J connectivity index is 1.79. The van der Waals surface area contributed by atoms with Crippen molar-refractivity contribution in [2.45, 2.75) is 86.7 Å². The van der Waals surface area contributed by atoms with Crippen molar-refractivity contribution >= 4 is 51.2 Å². The van der Waals surface area contributed by atoms with Gasteiger partial charge in [0, 0.05) is 22.3 Å². The van der Waals surface area contributed by atoms with E-state index >= 15 is 0 Å². The van der Waals surface area contributed by atoms with Crippen LogP contribution in [-0.2, 0) is 19.1 Å². The number of benzene rings is 1. The summed E-state index contributed by atoms with van der Waals surface area (Å²) in [4.78, 5) is 46.5. The molecule has 0 aromatic heterocycles. The summed E-state index contributed by atoms with van der Waals surface area (Å²) in [6.45, 7) is 16.0. The molecule has 3 heterocycles. The molecule has 4 rings (SSSR count). The lowest BCUT2D eigenvalue weighted by Crippen LogP contribution is -2.59. The SMILES string of the molecule is C=CCCCCOC(=O)[C@H]1[C@H]2C(=O)N([C@@H](CO)[C@@H](C)CC)C(C(=O)N(CC=C)c3cc(C)ccc3C)C23CC(Br)[C@@H]1S3. The molecular weight excluding hydrogens is 616 g/mol. The Labute approximate surface area is 263 Å². The molecule has 0 aliphatic carbocycles. The van der Waals surface area contributed by atoms with Crippen LogP contribution in [0.15, 0.2) is 43.5 Å².